The molecule has 0 unspecified atom stereocenters. The average molecular weight is 782 g/mol. The molecular formula is C57H35NOS. The van der Waals surface area contributed by atoms with Gasteiger partial charge in [0.05, 0.1) is 16.5 Å². The second kappa shape index (κ2) is 12.8. The van der Waals surface area contributed by atoms with Crippen LogP contribution in [0.15, 0.2) is 227 Å². The Kier molecular flexibility index (Phi) is 7.19. The summed E-state index contributed by atoms with van der Waals surface area (Å²) in [6, 6.07) is 78.0. The third-order valence-electron chi connectivity index (χ3n) is 12.9. The van der Waals surface area contributed by atoms with Gasteiger partial charge in [-0.05, 0) is 122 Å². The van der Waals surface area contributed by atoms with E-state index >= 15 is 0 Å². The Morgan fingerprint density at radius 3 is 1.78 bits per heavy atom. The minimum absolute atomic E-state index is 0.477. The van der Waals surface area contributed by atoms with Crippen LogP contribution in [0.1, 0.15) is 22.3 Å². The van der Waals surface area contributed by atoms with Gasteiger partial charge in [-0.3, -0.25) is 0 Å². The van der Waals surface area contributed by atoms with Crippen molar-refractivity contribution in [1.29, 1.82) is 0 Å². The number of fused-ring (bicyclic) bond motifs is 15. The van der Waals surface area contributed by atoms with Gasteiger partial charge in [0.25, 0.3) is 0 Å². The fourth-order valence-corrected chi connectivity index (χ4v) is 11.5. The molecule has 0 atom stereocenters. The Hall–Kier alpha value is -7.33. The van der Waals surface area contributed by atoms with Gasteiger partial charge >= 0.3 is 0 Å². The van der Waals surface area contributed by atoms with E-state index in [1.807, 2.05) is 11.8 Å². The van der Waals surface area contributed by atoms with E-state index in [2.05, 4.69) is 217 Å². The van der Waals surface area contributed by atoms with Crippen LogP contribution in [0.2, 0.25) is 0 Å². The van der Waals surface area contributed by atoms with Crippen LogP contribution in [0.4, 0.5) is 17.1 Å². The van der Waals surface area contributed by atoms with E-state index in [0.29, 0.717) is 0 Å². The predicted octanol–water partition coefficient (Wildman–Crippen LogP) is 15.9. The second-order valence-corrected chi connectivity index (χ2v) is 17.0. The van der Waals surface area contributed by atoms with Crippen LogP contribution in [-0.2, 0) is 5.41 Å². The van der Waals surface area contributed by atoms with Gasteiger partial charge in [-0.15, -0.1) is 0 Å². The van der Waals surface area contributed by atoms with Crippen molar-refractivity contribution in [3.8, 4) is 22.3 Å². The molecule has 2 nitrogen and oxygen atoms in total. The smallest absolute Gasteiger partial charge is 0.145 e. The third kappa shape index (κ3) is 4.67. The first-order chi connectivity index (χ1) is 29.8. The number of anilines is 3. The Labute approximate surface area is 352 Å². The second-order valence-electron chi connectivity index (χ2n) is 16.0. The summed E-state index contributed by atoms with van der Waals surface area (Å²) in [7, 11) is 0. The molecule has 10 aromatic carbocycles. The molecule has 3 heteroatoms. The standard InChI is InChI=1S/C57H35NOS/c1-3-15-36(16-4-1)43-30-32-51(54-44-29-27-37-17-9-10-22-42(37)55(44)59-56(43)54)58(40-20-5-2-6-21-40)41-28-31-47-46(35-41)45-33-38-18-7-8-19-39(38)34-50(45)57(47)48-23-11-13-25-52(48)60-53-26-14-12-24-49(53)57/h1-35H. The molecule has 280 valence electrons. The van der Waals surface area contributed by atoms with Gasteiger partial charge in [-0.1, -0.05) is 157 Å². The number of benzene rings is 10. The summed E-state index contributed by atoms with van der Waals surface area (Å²) < 4.78 is 7.09. The molecule has 13 rings (SSSR count). The summed E-state index contributed by atoms with van der Waals surface area (Å²) in [5.74, 6) is 0. The van der Waals surface area contributed by atoms with Crippen LogP contribution in [0.3, 0.4) is 0 Å². The first kappa shape index (κ1) is 33.6. The molecule has 2 aliphatic rings. The van der Waals surface area contributed by atoms with Gasteiger partial charge in [0.1, 0.15) is 11.2 Å². The van der Waals surface area contributed by atoms with E-state index in [1.165, 1.54) is 53.9 Å². The average Bonchev–Trinajstić information content (AvgIpc) is 3.84. The monoisotopic (exact) mass is 781 g/mol. The highest BCUT2D eigenvalue weighted by Crippen LogP contribution is 2.63. The molecule has 0 amide bonds. The summed E-state index contributed by atoms with van der Waals surface area (Å²) in [6.45, 7) is 0. The normalized spacial score (nSPS) is 13.4. The number of para-hydroxylation sites is 1. The fraction of sp³-hybridized carbons (Fsp3) is 0.0175. The summed E-state index contributed by atoms with van der Waals surface area (Å²) in [4.78, 5) is 5.04. The van der Waals surface area contributed by atoms with Crippen LogP contribution >= 0.6 is 11.8 Å². The van der Waals surface area contributed by atoms with Gasteiger partial charge in [-0.2, -0.15) is 0 Å². The number of furan rings is 1. The van der Waals surface area contributed by atoms with Gasteiger partial charge in [0, 0.05) is 37.5 Å². The van der Waals surface area contributed by atoms with Crippen molar-refractivity contribution in [3.05, 3.63) is 235 Å². The predicted molar refractivity (Wildman–Crippen MR) is 250 cm³/mol. The molecule has 0 saturated carbocycles. The van der Waals surface area contributed by atoms with E-state index in [-0.39, 0.29) is 0 Å². The van der Waals surface area contributed by atoms with Gasteiger partial charge in [0.15, 0.2) is 0 Å². The lowest BCUT2D eigenvalue weighted by atomic mass is 9.67. The van der Waals surface area contributed by atoms with E-state index in [9.17, 15) is 0 Å². The number of hydrogen-bond acceptors (Lipinski definition) is 3. The Morgan fingerprint density at radius 2 is 1.02 bits per heavy atom. The minimum atomic E-state index is -0.477. The van der Waals surface area contributed by atoms with E-state index in [1.54, 1.807) is 0 Å². The molecule has 0 fully saturated rings. The first-order valence-corrected chi connectivity index (χ1v) is 21.4. The van der Waals surface area contributed by atoms with E-state index in [0.717, 1.165) is 60.9 Å². The molecule has 0 N–H and O–H groups in total. The maximum atomic E-state index is 7.09. The van der Waals surface area contributed by atoms with Crippen LogP contribution in [0.5, 0.6) is 0 Å². The Bertz CT molecular complexity index is 3490. The van der Waals surface area contributed by atoms with Crippen LogP contribution in [0, 0.1) is 0 Å². The van der Waals surface area contributed by atoms with Crippen molar-refractivity contribution in [2.24, 2.45) is 0 Å². The highest BCUT2D eigenvalue weighted by Gasteiger charge is 2.50. The van der Waals surface area contributed by atoms with Crippen LogP contribution in [-0.4, -0.2) is 0 Å². The van der Waals surface area contributed by atoms with Crippen molar-refractivity contribution in [3.63, 3.8) is 0 Å². The van der Waals surface area contributed by atoms with Crippen LogP contribution < -0.4 is 4.90 Å². The highest BCUT2D eigenvalue weighted by atomic mass is 32.2. The largest absolute Gasteiger partial charge is 0.455 e. The SMILES string of the molecule is c1ccc(-c2ccc(N(c3ccccc3)c3ccc4c(c3)-c3cc5ccccc5cc3C43c4ccccc4Sc4ccccc43)c3c2oc2c4ccccc4ccc23)cc1. The molecule has 2 heterocycles. The topological polar surface area (TPSA) is 16.4 Å². The molecule has 0 radical (unpaired) electrons. The zero-order valence-electron chi connectivity index (χ0n) is 32.5. The number of rotatable bonds is 4. The summed E-state index contributed by atoms with van der Waals surface area (Å²) in [6.07, 6.45) is 0. The maximum Gasteiger partial charge on any atom is 0.145 e. The third-order valence-corrected chi connectivity index (χ3v) is 14.0. The Morgan fingerprint density at radius 1 is 0.383 bits per heavy atom. The van der Waals surface area contributed by atoms with Crippen LogP contribution in [0.25, 0.3) is 65.7 Å². The molecule has 60 heavy (non-hydrogen) atoms. The molecule has 1 aliphatic carbocycles. The zero-order valence-corrected chi connectivity index (χ0v) is 33.3. The van der Waals surface area contributed by atoms with E-state index < -0.39 is 5.41 Å². The quantitative estimate of drug-likeness (QED) is 0.177. The van der Waals surface area contributed by atoms with Gasteiger partial charge in [0.2, 0.25) is 0 Å². The van der Waals surface area contributed by atoms with Crippen molar-refractivity contribution in [2.75, 3.05) is 4.90 Å². The lowest BCUT2D eigenvalue weighted by Gasteiger charge is -2.39. The lowest BCUT2D eigenvalue weighted by molar-refractivity contribution is 0.674. The van der Waals surface area contributed by atoms with E-state index in [4.69, 9.17) is 4.42 Å². The van der Waals surface area contributed by atoms with Crippen molar-refractivity contribution in [2.45, 2.75) is 15.2 Å². The molecule has 0 bridgehead atoms. The maximum absolute atomic E-state index is 7.09. The van der Waals surface area contributed by atoms with Crippen molar-refractivity contribution in [1.82, 2.24) is 0 Å². The number of nitrogens with zero attached hydrogens (tertiary/aromatic N) is 1. The molecule has 1 aromatic heterocycles. The Balaban J connectivity index is 1.12. The molecule has 11 aromatic rings. The summed E-state index contributed by atoms with van der Waals surface area (Å²) >= 11 is 1.88. The van der Waals surface area contributed by atoms with Gasteiger partial charge in [-0.25, -0.2) is 0 Å². The molecular weight excluding hydrogens is 747 g/mol. The molecule has 1 aliphatic heterocycles. The molecule has 0 saturated heterocycles. The van der Waals surface area contributed by atoms with Crippen molar-refractivity contribution < 1.29 is 4.42 Å². The fourth-order valence-electron chi connectivity index (χ4n) is 10.3. The lowest BCUT2D eigenvalue weighted by Crippen LogP contribution is -2.32. The highest BCUT2D eigenvalue weighted by molar-refractivity contribution is 7.99. The zero-order chi connectivity index (χ0) is 39.4. The van der Waals surface area contributed by atoms with Gasteiger partial charge < -0.3 is 9.32 Å². The first-order valence-electron chi connectivity index (χ1n) is 20.6. The number of hydrogen-bond donors (Lipinski definition) is 0. The van der Waals surface area contributed by atoms with Crippen molar-refractivity contribution >= 4 is 72.3 Å². The summed E-state index contributed by atoms with van der Waals surface area (Å²) in [5.41, 5.74) is 14.6. The molecule has 1 spiro atoms. The minimum Gasteiger partial charge on any atom is -0.455 e. The summed E-state index contributed by atoms with van der Waals surface area (Å²) in [5, 5.41) is 6.96.